The second-order valence-corrected chi connectivity index (χ2v) is 8.58. The molecule has 1 unspecified atom stereocenters. The van der Waals surface area contributed by atoms with Crippen LogP contribution in [0.25, 0.3) is 0 Å². The number of carbonyl (C=O) groups excluding carboxylic acids is 1. The van der Waals surface area contributed by atoms with Gasteiger partial charge in [0.1, 0.15) is 11.1 Å². The Labute approximate surface area is 162 Å². The highest BCUT2D eigenvalue weighted by Crippen LogP contribution is 2.44. The summed E-state index contributed by atoms with van der Waals surface area (Å²) in [5.41, 5.74) is 6.31. The maximum Gasteiger partial charge on any atom is 0.235 e. The molecule has 6 nitrogen and oxygen atoms in total. The molecule has 8 heteroatoms. The fraction of sp³-hybridized carbons (Fsp3) is 0.526. The Bertz CT molecular complexity index is 812. The lowest BCUT2D eigenvalue weighted by Crippen LogP contribution is -2.34. The van der Waals surface area contributed by atoms with Crippen molar-refractivity contribution in [1.29, 1.82) is 0 Å². The van der Waals surface area contributed by atoms with Crippen molar-refractivity contribution in [3.05, 3.63) is 35.6 Å². The van der Waals surface area contributed by atoms with Gasteiger partial charge in [-0.25, -0.2) is 4.39 Å². The number of hydrogen-bond acceptors (Lipinski definition) is 5. The second kappa shape index (κ2) is 7.50. The van der Waals surface area contributed by atoms with Gasteiger partial charge in [-0.1, -0.05) is 30.8 Å². The van der Waals surface area contributed by atoms with Crippen molar-refractivity contribution >= 4 is 23.6 Å². The van der Waals surface area contributed by atoms with E-state index in [0.717, 1.165) is 50.6 Å². The van der Waals surface area contributed by atoms with E-state index in [4.69, 9.17) is 5.73 Å². The maximum absolute atomic E-state index is 13.2. The van der Waals surface area contributed by atoms with E-state index in [0.29, 0.717) is 16.8 Å². The molecule has 0 radical (unpaired) electrons. The van der Waals surface area contributed by atoms with E-state index < -0.39 is 11.2 Å². The Morgan fingerprint density at radius 2 is 1.85 bits per heavy atom. The number of amides is 1. The third-order valence-electron chi connectivity index (χ3n) is 5.28. The van der Waals surface area contributed by atoms with Gasteiger partial charge in [-0.3, -0.25) is 9.36 Å². The van der Waals surface area contributed by atoms with Crippen molar-refractivity contribution in [2.45, 2.75) is 49.1 Å². The van der Waals surface area contributed by atoms with Gasteiger partial charge in [-0.15, -0.1) is 10.2 Å². The molecule has 1 aromatic heterocycles. The molecule has 2 aromatic rings. The van der Waals surface area contributed by atoms with E-state index >= 15 is 0 Å². The smallest absolute Gasteiger partial charge is 0.235 e. The molecule has 1 atom stereocenters. The Kier molecular flexibility index (Phi) is 5.08. The standard InChI is InChI=1S/C19H24FN5OS/c1-12-8-10-24(11-9-12)18-22-23-19(25(18)15-6-7-15)27-16(17(21)26)13-2-4-14(20)5-3-13/h2-5,12,15-16H,6-11H2,1H3,(H2,21,26). The molecule has 2 aliphatic rings. The molecule has 2 fully saturated rings. The number of piperidine rings is 1. The number of hydrogen-bond donors (Lipinski definition) is 1. The molecule has 1 amide bonds. The summed E-state index contributed by atoms with van der Waals surface area (Å²) in [4.78, 5) is 14.4. The molecular formula is C19H24FN5OS. The largest absolute Gasteiger partial charge is 0.368 e. The van der Waals surface area contributed by atoms with Crippen LogP contribution in [0.4, 0.5) is 10.3 Å². The predicted octanol–water partition coefficient (Wildman–Crippen LogP) is 3.31. The fourth-order valence-corrected chi connectivity index (χ4v) is 4.51. The van der Waals surface area contributed by atoms with Gasteiger partial charge >= 0.3 is 0 Å². The first kappa shape index (κ1) is 18.3. The lowest BCUT2D eigenvalue weighted by atomic mass is 10.00. The van der Waals surface area contributed by atoms with Crippen molar-refractivity contribution in [1.82, 2.24) is 14.8 Å². The maximum atomic E-state index is 13.2. The first-order valence-corrected chi connectivity index (χ1v) is 10.3. The van der Waals surface area contributed by atoms with E-state index in [1.807, 2.05) is 0 Å². The van der Waals surface area contributed by atoms with E-state index in [2.05, 4.69) is 26.6 Å². The SMILES string of the molecule is CC1CCN(c2nnc(SC(C(N)=O)c3ccc(F)cc3)n2C2CC2)CC1. The van der Waals surface area contributed by atoms with Crippen LogP contribution in [0, 0.1) is 11.7 Å². The molecule has 2 heterocycles. The summed E-state index contributed by atoms with van der Waals surface area (Å²) in [5, 5.41) is 8.93. The normalized spacial score (nSPS) is 19.3. The summed E-state index contributed by atoms with van der Waals surface area (Å²) in [6, 6.07) is 6.28. The monoisotopic (exact) mass is 389 g/mol. The first-order valence-electron chi connectivity index (χ1n) is 9.44. The highest BCUT2D eigenvalue weighted by Gasteiger charge is 2.34. The predicted molar refractivity (Wildman–Crippen MR) is 103 cm³/mol. The van der Waals surface area contributed by atoms with Crippen LogP contribution in [-0.4, -0.2) is 33.8 Å². The Balaban J connectivity index is 1.61. The van der Waals surface area contributed by atoms with Crippen LogP contribution in [-0.2, 0) is 4.79 Å². The Morgan fingerprint density at radius 1 is 1.19 bits per heavy atom. The number of anilines is 1. The lowest BCUT2D eigenvalue weighted by Gasteiger charge is -2.31. The van der Waals surface area contributed by atoms with E-state index in [9.17, 15) is 9.18 Å². The van der Waals surface area contributed by atoms with Crippen LogP contribution in [0.1, 0.15) is 49.5 Å². The molecular weight excluding hydrogens is 365 g/mol. The quantitative estimate of drug-likeness (QED) is 0.767. The molecule has 1 aliphatic heterocycles. The number of halogens is 1. The average molecular weight is 390 g/mol. The van der Waals surface area contributed by atoms with Gasteiger partial charge in [-0.2, -0.15) is 0 Å². The van der Waals surface area contributed by atoms with Crippen LogP contribution < -0.4 is 10.6 Å². The van der Waals surface area contributed by atoms with Crippen LogP contribution >= 0.6 is 11.8 Å². The molecule has 144 valence electrons. The third-order valence-corrected chi connectivity index (χ3v) is 6.51. The van der Waals surface area contributed by atoms with E-state index in [1.165, 1.54) is 23.9 Å². The van der Waals surface area contributed by atoms with Crippen molar-refractivity contribution in [2.24, 2.45) is 11.7 Å². The Morgan fingerprint density at radius 3 is 2.44 bits per heavy atom. The molecule has 1 aromatic carbocycles. The average Bonchev–Trinajstić information content (AvgIpc) is 3.41. The minimum atomic E-state index is -0.624. The van der Waals surface area contributed by atoms with E-state index in [1.54, 1.807) is 12.1 Å². The van der Waals surface area contributed by atoms with Gasteiger partial charge in [-0.05, 0) is 49.3 Å². The third kappa shape index (κ3) is 3.95. The molecule has 2 N–H and O–H groups in total. The Hall–Kier alpha value is -2.09. The van der Waals surface area contributed by atoms with Crippen molar-refractivity contribution in [3.63, 3.8) is 0 Å². The lowest BCUT2D eigenvalue weighted by molar-refractivity contribution is -0.117. The number of primary amides is 1. The first-order chi connectivity index (χ1) is 13.0. The second-order valence-electron chi connectivity index (χ2n) is 7.51. The van der Waals surface area contributed by atoms with Gasteiger partial charge in [0.05, 0.1) is 0 Å². The zero-order valence-corrected chi connectivity index (χ0v) is 16.2. The van der Waals surface area contributed by atoms with Gasteiger partial charge in [0.15, 0.2) is 5.16 Å². The molecule has 0 bridgehead atoms. The number of thioether (sulfide) groups is 1. The number of rotatable bonds is 6. The minimum absolute atomic E-state index is 0.338. The molecule has 27 heavy (non-hydrogen) atoms. The molecule has 4 rings (SSSR count). The number of benzene rings is 1. The number of nitrogens with two attached hydrogens (primary N) is 1. The van der Waals surface area contributed by atoms with Gasteiger partial charge in [0.25, 0.3) is 0 Å². The topological polar surface area (TPSA) is 77.0 Å². The van der Waals surface area contributed by atoms with Crippen molar-refractivity contribution < 1.29 is 9.18 Å². The summed E-state index contributed by atoms with van der Waals surface area (Å²) in [5.74, 6) is 0.833. The minimum Gasteiger partial charge on any atom is -0.368 e. The number of aromatic nitrogens is 3. The summed E-state index contributed by atoms with van der Waals surface area (Å²) >= 11 is 1.30. The zero-order chi connectivity index (χ0) is 19.0. The zero-order valence-electron chi connectivity index (χ0n) is 15.3. The molecule has 1 saturated heterocycles. The van der Waals surface area contributed by atoms with Crippen LogP contribution in [0.3, 0.4) is 0 Å². The highest BCUT2D eigenvalue weighted by atomic mass is 32.2. The van der Waals surface area contributed by atoms with Crippen molar-refractivity contribution in [3.8, 4) is 0 Å². The summed E-state index contributed by atoms with van der Waals surface area (Å²) in [6.45, 7) is 4.24. The van der Waals surface area contributed by atoms with Crippen LogP contribution in [0.5, 0.6) is 0 Å². The number of carbonyl (C=O) groups is 1. The molecule has 1 aliphatic carbocycles. The van der Waals surface area contributed by atoms with Gasteiger partial charge in [0.2, 0.25) is 11.9 Å². The molecule has 0 spiro atoms. The van der Waals surface area contributed by atoms with Crippen molar-refractivity contribution in [2.75, 3.05) is 18.0 Å². The number of nitrogens with zero attached hydrogens (tertiary/aromatic N) is 4. The van der Waals surface area contributed by atoms with Gasteiger partial charge < -0.3 is 10.6 Å². The van der Waals surface area contributed by atoms with Crippen LogP contribution in [0.15, 0.2) is 29.4 Å². The summed E-state index contributed by atoms with van der Waals surface area (Å²) in [6.07, 6.45) is 4.50. The molecule has 1 saturated carbocycles. The summed E-state index contributed by atoms with van der Waals surface area (Å²) < 4.78 is 15.4. The highest BCUT2D eigenvalue weighted by molar-refractivity contribution is 8.00. The van der Waals surface area contributed by atoms with E-state index in [-0.39, 0.29) is 5.82 Å². The fourth-order valence-electron chi connectivity index (χ4n) is 3.46. The van der Waals surface area contributed by atoms with Crippen LogP contribution in [0.2, 0.25) is 0 Å². The van der Waals surface area contributed by atoms with Gasteiger partial charge in [0, 0.05) is 19.1 Å². The summed E-state index contributed by atoms with van der Waals surface area (Å²) in [7, 11) is 0.